The molecule has 0 amide bonds. The van der Waals surface area contributed by atoms with E-state index in [-0.39, 0.29) is 6.10 Å². The van der Waals surface area contributed by atoms with Gasteiger partial charge < -0.3 is 10.0 Å². The van der Waals surface area contributed by atoms with Crippen LogP contribution in [0.1, 0.15) is 51.9 Å². The van der Waals surface area contributed by atoms with Crippen molar-refractivity contribution >= 4 is 0 Å². The number of rotatable bonds is 3. The Morgan fingerprint density at radius 2 is 1.68 bits per heavy atom. The Morgan fingerprint density at radius 3 is 2.16 bits per heavy atom. The Bertz CT molecular complexity index is 318. The second-order valence-corrected chi connectivity index (χ2v) is 8.45. The molecule has 2 nitrogen and oxygen atoms in total. The highest BCUT2D eigenvalue weighted by atomic mass is 16.3. The minimum atomic E-state index is -0.0498. The topological polar surface area (TPSA) is 23.5 Å². The van der Waals surface area contributed by atoms with Crippen molar-refractivity contribution in [3.63, 3.8) is 0 Å². The van der Waals surface area contributed by atoms with Gasteiger partial charge in [-0.15, -0.1) is 0 Å². The van der Waals surface area contributed by atoms with Crippen molar-refractivity contribution in [1.82, 2.24) is 4.90 Å². The van der Waals surface area contributed by atoms with E-state index in [1.807, 2.05) is 0 Å². The summed E-state index contributed by atoms with van der Waals surface area (Å²) < 4.78 is 0. The maximum atomic E-state index is 10.9. The van der Waals surface area contributed by atoms with Gasteiger partial charge in [-0.05, 0) is 80.6 Å². The first-order valence-electron chi connectivity index (χ1n) is 8.53. The lowest BCUT2D eigenvalue weighted by molar-refractivity contribution is -0.125. The second-order valence-electron chi connectivity index (χ2n) is 8.45. The van der Waals surface area contributed by atoms with Gasteiger partial charge in [-0.25, -0.2) is 0 Å². The van der Waals surface area contributed by atoms with E-state index >= 15 is 0 Å². The number of β-amino-alcohol motifs (C(OH)–C–C–N with tert-alkyl or cyclic N) is 1. The fourth-order valence-corrected chi connectivity index (χ4v) is 6.22. The van der Waals surface area contributed by atoms with Gasteiger partial charge in [-0.3, -0.25) is 0 Å². The van der Waals surface area contributed by atoms with E-state index < -0.39 is 0 Å². The van der Waals surface area contributed by atoms with Crippen LogP contribution in [0.15, 0.2) is 0 Å². The molecule has 108 valence electrons. The summed E-state index contributed by atoms with van der Waals surface area (Å²) in [6.07, 6.45) is 9.72. The van der Waals surface area contributed by atoms with Crippen molar-refractivity contribution in [1.29, 1.82) is 0 Å². The normalized spacial score (nSPS) is 50.8. The van der Waals surface area contributed by atoms with E-state index in [4.69, 9.17) is 0 Å². The minimum absolute atomic E-state index is 0.0498. The molecule has 1 N–H and O–H groups in total. The molecule has 0 aromatic heterocycles. The van der Waals surface area contributed by atoms with E-state index in [2.05, 4.69) is 11.8 Å². The van der Waals surface area contributed by atoms with E-state index in [1.165, 1.54) is 58.0 Å². The van der Waals surface area contributed by atoms with Gasteiger partial charge in [-0.1, -0.05) is 6.92 Å². The van der Waals surface area contributed by atoms with Crippen LogP contribution in [-0.2, 0) is 0 Å². The Kier molecular flexibility index (Phi) is 2.97. The number of aliphatic hydroxyl groups excluding tert-OH is 1. The van der Waals surface area contributed by atoms with E-state index in [9.17, 15) is 5.11 Å². The molecule has 0 aromatic rings. The van der Waals surface area contributed by atoms with Crippen LogP contribution in [0.2, 0.25) is 0 Å². The summed E-state index contributed by atoms with van der Waals surface area (Å²) >= 11 is 0. The number of aliphatic hydroxyl groups is 1. The van der Waals surface area contributed by atoms with Crippen LogP contribution in [0, 0.1) is 29.1 Å². The largest absolute Gasteiger partial charge is 0.391 e. The van der Waals surface area contributed by atoms with Gasteiger partial charge >= 0.3 is 0 Å². The van der Waals surface area contributed by atoms with Crippen molar-refractivity contribution in [3.8, 4) is 0 Å². The van der Waals surface area contributed by atoms with Crippen LogP contribution in [0.25, 0.3) is 0 Å². The smallest absolute Gasteiger partial charge is 0.0723 e. The third-order valence-electron chi connectivity index (χ3n) is 6.73. The third kappa shape index (κ3) is 2.15. The minimum Gasteiger partial charge on any atom is -0.391 e. The molecular weight excluding hydrogens is 234 g/mol. The molecule has 1 heterocycles. The SMILES string of the molecule is CC1CCN(CC(O)C23CC4CC(CC(C4)C2)C3)C1. The summed E-state index contributed by atoms with van der Waals surface area (Å²) in [5.74, 6) is 3.71. The predicted molar refractivity (Wildman–Crippen MR) is 76.8 cm³/mol. The molecule has 5 fully saturated rings. The first-order valence-corrected chi connectivity index (χ1v) is 8.53. The van der Waals surface area contributed by atoms with E-state index in [0.717, 1.165) is 30.2 Å². The lowest BCUT2D eigenvalue weighted by atomic mass is 9.48. The molecule has 2 unspecified atom stereocenters. The summed E-state index contributed by atoms with van der Waals surface area (Å²) in [4.78, 5) is 2.52. The number of hydrogen-bond donors (Lipinski definition) is 1. The Hall–Kier alpha value is -0.0800. The first-order chi connectivity index (χ1) is 9.13. The molecule has 1 saturated heterocycles. The monoisotopic (exact) mass is 263 g/mol. The van der Waals surface area contributed by atoms with Gasteiger partial charge in [0.1, 0.15) is 0 Å². The lowest BCUT2D eigenvalue weighted by Gasteiger charge is -2.58. The zero-order valence-corrected chi connectivity index (χ0v) is 12.4. The first kappa shape index (κ1) is 12.6. The van der Waals surface area contributed by atoms with Crippen LogP contribution in [0.3, 0.4) is 0 Å². The van der Waals surface area contributed by atoms with Gasteiger partial charge in [0, 0.05) is 13.1 Å². The van der Waals surface area contributed by atoms with Crippen molar-refractivity contribution in [2.75, 3.05) is 19.6 Å². The Balaban J connectivity index is 1.45. The average Bonchev–Trinajstić information content (AvgIpc) is 2.73. The van der Waals surface area contributed by atoms with Gasteiger partial charge in [0.2, 0.25) is 0 Å². The zero-order chi connectivity index (χ0) is 13.0. The van der Waals surface area contributed by atoms with E-state index in [0.29, 0.717) is 5.41 Å². The third-order valence-corrected chi connectivity index (χ3v) is 6.73. The molecule has 4 aliphatic carbocycles. The number of nitrogens with zero attached hydrogens (tertiary/aromatic N) is 1. The average molecular weight is 263 g/mol. The fourth-order valence-electron chi connectivity index (χ4n) is 6.22. The molecule has 5 rings (SSSR count). The van der Waals surface area contributed by atoms with Crippen LogP contribution in [-0.4, -0.2) is 35.7 Å². The summed E-state index contributed by atoms with van der Waals surface area (Å²) in [6, 6.07) is 0. The molecular formula is C17H29NO. The standard InChI is InChI=1S/C17H29NO/c1-12-2-3-18(10-12)11-16(19)17-7-13-4-14(8-17)6-15(5-13)9-17/h12-16,19H,2-11H2,1H3. The quantitative estimate of drug-likeness (QED) is 0.846. The number of hydrogen-bond acceptors (Lipinski definition) is 2. The molecule has 2 heteroatoms. The van der Waals surface area contributed by atoms with Gasteiger partial charge in [0.15, 0.2) is 0 Å². The van der Waals surface area contributed by atoms with Gasteiger partial charge in [0.05, 0.1) is 6.10 Å². The number of likely N-dealkylation sites (tertiary alicyclic amines) is 1. The van der Waals surface area contributed by atoms with Crippen LogP contribution < -0.4 is 0 Å². The lowest BCUT2D eigenvalue weighted by Crippen LogP contribution is -2.54. The molecule has 5 aliphatic rings. The van der Waals surface area contributed by atoms with Crippen LogP contribution in [0.4, 0.5) is 0 Å². The van der Waals surface area contributed by atoms with Crippen molar-refractivity contribution in [2.24, 2.45) is 29.1 Å². The van der Waals surface area contributed by atoms with Gasteiger partial charge in [-0.2, -0.15) is 0 Å². The molecule has 0 spiro atoms. The summed E-state index contributed by atoms with van der Waals surface area (Å²) in [7, 11) is 0. The predicted octanol–water partition coefficient (Wildman–Crippen LogP) is 2.91. The Labute approximate surface area is 117 Å². The van der Waals surface area contributed by atoms with Crippen LogP contribution >= 0.6 is 0 Å². The highest BCUT2D eigenvalue weighted by molar-refractivity contribution is 5.04. The van der Waals surface area contributed by atoms with Crippen LogP contribution in [0.5, 0.6) is 0 Å². The summed E-state index contributed by atoms with van der Waals surface area (Å²) in [5, 5.41) is 10.9. The fraction of sp³-hybridized carbons (Fsp3) is 1.00. The molecule has 2 atom stereocenters. The zero-order valence-electron chi connectivity index (χ0n) is 12.4. The maximum Gasteiger partial charge on any atom is 0.0723 e. The maximum absolute atomic E-state index is 10.9. The summed E-state index contributed by atoms with van der Waals surface area (Å²) in [5.41, 5.74) is 0.320. The molecule has 1 aliphatic heterocycles. The molecule has 4 bridgehead atoms. The van der Waals surface area contributed by atoms with Crippen molar-refractivity contribution < 1.29 is 5.11 Å². The van der Waals surface area contributed by atoms with E-state index in [1.54, 1.807) is 0 Å². The molecule has 0 radical (unpaired) electrons. The van der Waals surface area contributed by atoms with Crippen molar-refractivity contribution in [3.05, 3.63) is 0 Å². The van der Waals surface area contributed by atoms with Gasteiger partial charge in [0.25, 0.3) is 0 Å². The summed E-state index contributed by atoms with van der Waals surface area (Å²) in [6.45, 7) is 5.72. The molecule has 19 heavy (non-hydrogen) atoms. The molecule has 4 saturated carbocycles. The Morgan fingerprint density at radius 1 is 1.11 bits per heavy atom. The van der Waals surface area contributed by atoms with Crippen molar-refractivity contribution in [2.45, 2.75) is 58.0 Å². The highest BCUT2D eigenvalue weighted by Crippen LogP contribution is 2.61. The second kappa shape index (κ2) is 4.46. The highest BCUT2D eigenvalue weighted by Gasteiger charge is 2.54. The molecule has 0 aromatic carbocycles.